The number of hydrogen-bond acceptors (Lipinski definition) is 2. The molecule has 1 saturated heterocycles. The lowest BCUT2D eigenvalue weighted by Gasteiger charge is -2.27. The monoisotopic (exact) mass is 301 g/mol. The van der Waals surface area contributed by atoms with Gasteiger partial charge < -0.3 is 10.1 Å². The number of methoxy groups -OCH3 is 1. The summed E-state index contributed by atoms with van der Waals surface area (Å²) in [4.78, 5) is 0. The molecule has 1 heterocycles. The Labute approximate surface area is 110 Å². The van der Waals surface area contributed by atoms with Crippen molar-refractivity contribution < 1.29 is 9.13 Å². The molecule has 4 heteroatoms. The fourth-order valence-electron chi connectivity index (χ4n) is 2.44. The molecule has 0 bridgehead atoms. The highest BCUT2D eigenvalue weighted by atomic mass is 79.9. The minimum absolute atomic E-state index is 0.200. The normalized spacial score (nSPS) is 20.4. The van der Waals surface area contributed by atoms with Crippen molar-refractivity contribution in [3.05, 3.63) is 27.5 Å². The van der Waals surface area contributed by atoms with Gasteiger partial charge >= 0.3 is 0 Å². The van der Waals surface area contributed by atoms with E-state index in [4.69, 9.17) is 4.74 Å². The molecule has 1 atom stereocenters. The molecule has 0 aliphatic carbocycles. The van der Waals surface area contributed by atoms with Gasteiger partial charge in [-0.05, 0) is 37.9 Å². The Morgan fingerprint density at radius 1 is 1.47 bits per heavy atom. The first-order valence-corrected chi connectivity index (χ1v) is 6.70. The van der Waals surface area contributed by atoms with Crippen LogP contribution in [0.4, 0.5) is 4.39 Å². The van der Waals surface area contributed by atoms with Crippen molar-refractivity contribution in [3.8, 4) is 5.75 Å². The smallest absolute Gasteiger partial charge is 0.166 e. The summed E-state index contributed by atoms with van der Waals surface area (Å²) < 4.78 is 19.9. The standard InChI is InChI=1S/C13H17BrFNO/c1-8-9(14)7-10(15)13(17-2)12(8)11-5-3-4-6-16-11/h7,11,16H,3-6H2,1-2H3. The molecule has 0 aromatic heterocycles. The first kappa shape index (κ1) is 12.8. The highest BCUT2D eigenvalue weighted by Crippen LogP contribution is 2.38. The van der Waals surface area contributed by atoms with Gasteiger partial charge in [-0.15, -0.1) is 0 Å². The van der Waals surface area contributed by atoms with Gasteiger partial charge in [0.25, 0.3) is 0 Å². The minimum Gasteiger partial charge on any atom is -0.493 e. The number of benzene rings is 1. The van der Waals surface area contributed by atoms with Crippen LogP contribution in [0.5, 0.6) is 5.75 Å². The van der Waals surface area contributed by atoms with E-state index < -0.39 is 0 Å². The summed E-state index contributed by atoms with van der Waals surface area (Å²) in [6, 6.07) is 1.67. The van der Waals surface area contributed by atoms with Crippen LogP contribution in [0.15, 0.2) is 10.5 Å². The molecule has 0 amide bonds. The van der Waals surface area contributed by atoms with Crippen LogP contribution < -0.4 is 10.1 Å². The van der Waals surface area contributed by atoms with Gasteiger partial charge in [0, 0.05) is 16.1 Å². The van der Waals surface area contributed by atoms with Crippen LogP contribution in [0.2, 0.25) is 0 Å². The Kier molecular flexibility index (Phi) is 4.05. The van der Waals surface area contributed by atoms with E-state index in [1.807, 2.05) is 6.92 Å². The van der Waals surface area contributed by atoms with Crippen molar-refractivity contribution in [2.75, 3.05) is 13.7 Å². The van der Waals surface area contributed by atoms with Crippen LogP contribution in [0.25, 0.3) is 0 Å². The molecule has 0 saturated carbocycles. The van der Waals surface area contributed by atoms with Crippen molar-refractivity contribution >= 4 is 15.9 Å². The highest BCUT2D eigenvalue weighted by Gasteiger charge is 2.24. The predicted octanol–water partition coefficient (Wildman–Crippen LogP) is 3.72. The predicted molar refractivity (Wildman–Crippen MR) is 70.0 cm³/mol. The first-order valence-electron chi connectivity index (χ1n) is 5.91. The summed E-state index contributed by atoms with van der Waals surface area (Å²) in [5, 5.41) is 3.44. The SMILES string of the molecule is COc1c(F)cc(Br)c(C)c1C1CCCCN1. The molecular formula is C13H17BrFNO. The summed E-state index contributed by atoms with van der Waals surface area (Å²) in [6.07, 6.45) is 3.40. The summed E-state index contributed by atoms with van der Waals surface area (Å²) in [5.41, 5.74) is 2.02. The third kappa shape index (κ3) is 2.47. The van der Waals surface area contributed by atoms with Gasteiger partial charge in [-0.2, -0.15) is 0 Å². The van der Waals surface area contributed by atoms with Gasteiger partial charge in [0.2, 0.25) is 0 Å². The number of halogens is 2. The molecular weight excluding hydrogens is 285 g/mol. The summed E-state index contributed by atoms with van der Waals surface area (Å²) in [7, 11) is 1.53. The molecule has 1 unspecified atom stereocenters. The first-order chi connectivity index (χ1) is 8.15. The Morgan fingerprint density at radius 3 is 2.82 bits per heavy atom. The van der Waals surface area contributed by atoms with Crippen LogP contribution in [0, 0.1) is 12.7 Å². The Morgan fingerprint density at radius 2 is 2.24 bits per heavy atom. The molecule has 1 fully saturated rings. The van der Waals surface area contributed by atoms with Gasteiger partial charge in [0.1, 0.15) is 0 Å². The average Bonchev–Trinajstić information content (AvgIpc) is 2.34. The van der Waals surface area contributed by atoms with E-state index in [0.717, 1.165) is 28.6 Å². The van der Waals surface area contributed by atoms with E-state index in [2.05, 4.69) is 21.2 Å². The van der Waals surface area contributed by atoms with E-state index in [-0.39, 0.29) is 11.9 Å². The van der Waals surface area contributed by atoms with Crippen LogP contribution in [-0.4, -0.2) is 13.7 Å². The zero-order valence-electron chi connectivity index (χ0n) is 10.1. The van der Waals surface area contributed by atoms with Crippen molar-refractivity contribution in [3.63, 3.8) is 0 Å². The molecule has 1 aromatic carbocycles. The Bertz CT molecular complexity index is 416. The second-order valence-electron chi connectivity index (χ2n) is 4.41. The number of rotatable bonds is 2. The second-order valence-corrected chi connectivity index (χ2v) is 5.27. The number of ether oxygens (including phenoxy) is 1. The highest BCUT2D eigenvalue weighted by molar-refractivity contribution is 9.10. The number of hydrogen-bond donors (Lipinski definition) is 1. The Hall–Kier alpha value is -0.610. The van der Waals surface area contributed by atoms with Gasteiger partial charge in [0.15, 0.2) is 11.6 Å². The maximum absolute atomic E-state index is 13.9. The maximum atomic E-state index is 13.9. The maximum Gasteiger partial charge on any atom is 0.166 e. The topological polar surface area (TPSA) is 21.3 Å². The second kappa shape index (κ2) is 5.36. The quantitative estimate of drug-likeness (QED) is 0.899. The van der Waals surface area contributed by atoms with Crippen molar-refractivity contribution in [2.24, 2.45) is 0 Å². The number of piperidine rings is 1. The summed E-state index contributed by atoms with van der Waals surface area (Å²) in [6.45, 7) is 2.99. The zero-order valence-corrected chi connectivity index (χ0v) is 11.7. The molecule has 2 nitrogen and oxygen atoms in total. The van der Waals surface area contributed by atoms with E-state index in [1.165, 1.54) is 26.0 Å². The van der Waals surface area contributed by atoms with Crippen LogP contribution in [-0.2, 0) is 0 Å². The third-order valence-electron chi connectivity index (χ3n) is 3.34. The molecule has 2 rings (SSSR count). The average molecular weight is 302 g/mol. The molecule has 1 N–H and O–H groups in total. The lowest BCUT2D eigenvalue weighted by atomic mass is 9.93. The van der Waals surface area contributed by atoms with Crippen molar-refractivity contribution in [1.82, 2.24) is 5.32 Å². The molecule has 1 aromatic rings. The summed E-state index contributed by atoms with van der Waals surface area (Å²) >= 11 is 3.40. The fraction of sp³-hybridized carbons (Fsp3) is 0.538. The van der Waals surface area contributed by atoms with E-state index in [9.17, 15) is 4.39 Å². The molecule has 0 spiro atoms. The third-order valence-corrected chi connectivity index (χ3v) is 4.16. The zero-order chi connectivity index (χ0) is 12.4. The molecule has 0 radical (unpaired) electrons. The van der Waals surface area contributed by atoms with Crippen LogP contribution >= 0.6 is 15.9 Å². The van der Waals surface area contributed by atoms with Crippen LogP contribution in [0.1, 0.15) is 36.4 Å². The van der Waals surface area contributed by atoms with Gasteiger partial charge in [0.05, 0.1) is 7.11 Å². The van der Waals surface area contributed by atoms with E-state index >= 15 is 0 Å². The van der Waals surface area contributed by atoms with E-state index in [1.54, 1.807) is 0 Å². The molecule has 1 aliphatic heterocycles. The lowest BCUT2D eigenvalue weighted by Crippen LogP contribution is -2.28. The molecule has 1 aliphatic rings. The summed E-state index contributed by atoms with van der Waals surface area (Å²) in [5.74, 6) is 0.0810. The lowest BCUT2D eigenvalue weighted by molar-refractivity contribution is 0.354. The minimum atomic E-state index is -0.299. The van der Waals surface area contributed by atoms with Gasteiger partial charge in [-0.3, -0.25) is 0 Å². The fourth-order valence-corrected chi connectivity index (χ4v) is 2.85. The van der Waals surface area contributed by atoms with Gasteiger partial charge in [-0.25, -0.2) is 4.39 Å². The number of nitrogens with one attached hydrogen (secondary N) is 1. The van der Waals surface area contributed by atoms with Crippen LogP contribution in [0.3, 0.4) is 0 Å². The van der Waals surface area contributed by atoms with Gasteiger partial charge in [-0.1, -0.05) is 22.4 Å². The molecule has 94 valence electrons. The largest absolute Gasteiger partial charge is 0.493 e. The van der Waals surface area contributed by atoms with E-state index in [0.29, 0.717) is 5.75 Å². The van der Waals surface area contributed by atoms with Crippen molar-refractivity contribution in [1.29, 1.82) is 0 Å². The van der Waals surface area contributed by atoms with Crippen molar-refractivity contribution in [2.45, 2.75) is 32.2 Å². The Balaban J connectivity index is 2.48. The molecule has 17 heavy (non-hydrogen) atoms.